The maximum atomic E-state index is 13.6. The molecule has 8 heteroatoms. The van der Waals surface area contributed by atoms with E-state index in [1.807, 2.05) is 18.2 Å². The lowest BCUT2D eigenvalue weighted by Gasteiger charge is -2.06. The van der Waals surface area contributed by atoms with Crippen molar-refractivity contribution >= 4 is 45.3 Å². The summed E-state index contributed by atoms with van der Waals surface area (Å²) in [7, 11) is 1.61. The second kappa shape index (κ2) is 7.24. The number of para-hydroxylation sites is 1. The Labute approximate surface area is 158 Å². The zero-order valence-corrected chi connectivity index (χ0v) is 15.1. The monoisotopic (exact) mass is 382 g/mol. The van der Waals surface area contributed by atoms with Gasteiger partial charge in [0.1, 0.15) is 28.4 Å². The number of benzene rings is 2. The Morgan fingerprint density at radius 2 is 2.11 bits per heavy atom. The third-order valence-corrected chi connectivity index (χ3v) is 5.03. The van der Waals surface area contributed by atoms with E-state index in [0.29, 0.717) is 5.03 Å². The standard InChI is InChI=1S/C19H15FN4O2S/c1-26-11-6-7-14-12(8-11)17-18(24-14)19(22-10-21-17)27-9-16(25)23-15-5-3-2-4-13(15)20/h2-8,10,24H,9H2,1H3,(H,23,25). The first-order valence-corrected chi connectivity index (χ1v) is 9.12. The van der Waals surface area contributed by atoms with Crippen LogP contribution in [0.3, 0.4) is 0 Å². The first kappa shape index (κ1) is 17.3. The van der Waals surface area contributed by atoms with Gasteiger partial charge >= 0.3 is 0 Å². The van der Waals surface area contributed by atoms with Gasteiger partial charge in [0.15, 0.2) is 0 Å². The molecule has 0 saturated carbocycles. The molecule has 0 radical (unpaired) electrons. The SMILES string of the molecule is COc1ccc2[nH]c3c(SCC(=O)Nc4ccccc4F)ncnc3c2c1. The quantitative estimate of drug-likeness (QED) is 0.403. The Kier molecular flexibility index (Phi) is 4.64. The lowest BCUT2D eigenvalue weighted by molar-refractivity contribution is -0.113. The van der Waals surface area contributed by atoms with Crippen molar-refractivity contribution in [3.05, 3.63) is 54.6 Å². The van der Waals surface area contributed by atoms with Crippen molar-refractivity contribution in [3.8, 4) is 5.75 Å². The van der Waals surface area contributed by atoms with Gasteiger partial charge in [-0.15, -0.1) is 0 Å². The summed E-state index contributed by atoms with van der Waals surface area (Å²) in [4.78, 5) is 24.1. The van der Waals surface area contributed by atoms with Gasteiger partial charge in [-0.2, -0.15) is 0 Å². The molecule has 2 aromatic carbocycles. The molecule has 2 heterocycles. The number of hydrogen-bond acceptors (Lipinski definition) is 5. The number of thioether (sulfide) groups is 1. The van der Waals surface area contributed by atoms with Crippen LogP contribution in [0.1, 0.15) is 0 Å². The number of carbonyl (C=O) groups excluding carboxylic acids is 1. The fourth-order valence-corrected chi connectivity index (χ4v) is 3.52. The third kappa shape index (κ3) is 3.43. The number of nitrogens with one attached hydrogen (secondary N) is 2. The third-order valence-electron chi connectivity index (χ3n) is 4.04. The van der Waals surface area contributed by atoms with E-state index in [1.165, 1.54) is 30.2 Å². The molecule has 2 aromatic heterocycles. The summed E-state index contributed by atoms with van der Waals surface area (Å²) in [6, 6.07) is 11.7. The molecule has 6 nitrogen and oxygen atoms in total. The van der Waals surface area contributed by atoms with Crippen LogP contribution in [0.5, 0.6) is 5.75 Å². The number of halogens is 1. The van der Waals surface area contributed by atoms with Crippen LogP contribution in [0.2, 0.25) is 0 Å². The van der Waals surface area contributed by atoms with Crippen LogP contribution < -0.4 is 10.1 Å². The summed E-state index contributed by atoms with van der Waals surface area (Å²) in [6.07, 6.45) is 1.46. The molecule has 0 aliphatic rings. The number of aromatic amines is 1. The van der Waals surface area contributed by atoms with Crippen LogP contribution in [0.4, 0.5) is 10.1 Å². The minimum Gasteiger partial charge on any atom is -0.497 e. The Morgan fingerprint density at radius 3 is 2.93 bits per heavy atom. The number of hydrogen-bond donors (Lipinski definition) is 2. The van der Waals surface area contributed by atoms with Gasteiger partial charge in [0, 0.05) is 10.9 Å². The number of amides is 1. The fourth-order valence-electron chi connectivity index (χ4n) is 2.77. The van der Waals surface area contributed by atoms with Gasteiger partial charge in [0.05, 0.1) is 24.1 Å². The van der Waals surface area contributed by atoms with E-state index < -0.39 is 5.82 Å². The number of methoxy groups -OCH3 is 1. The molecule has 1 amide bonds. The molecule has 4 rings (SSSR count). The van der Waals surface area contributed by atoms with E-state index >= 15 is 0 Å². The van der Waals surface area contributed by atoms with Crippen molar-refractivity contribution in [2.75, 3.05) is 18.2 Å². The van der Waals surface area contributed by atoms with Crippen LogP contribution >= 0.6 is 11.8 Å². The number of anilines is 1. The maximum absolute atomic E-state index is 13.6. The molecule has 0 atom stereocenters. The fraction of sp³-hybridized carbons (Fsp3) is 0.105. The highest BCUT2D eigenvalue weighted by atomic mass is 32.2. The minimum absolute atomic E-state index is 0.0964. The van der Waals surface area contributed by atoms with Crippen LogP contribution in [0, 0.1) is 5.82 Å². The van der Waals surface area contributed by atoms with E-state index in [-0.39, 0.29) is 17.3 Å². The van der Waals surface area contributed by atoms with Gasteiger partial charge in [-0.05, 0) is 30.3 Å². The van der Waals surface area contributed by atoms with E-state index in [0.717, 1.165) is 27.7 Å². The molecule has 4 aromatic rings. The summed E-state index contributed by atoms with van der Waals surface area (Å²) in [5.74, 6) is 0.0547. The smallest absolute Gasteiger partial charge is 0.234 e. The van der Waals surface area contributed by atoms with Crippen molar-refractivity contribution in [2.45, 2.75) is 5.03 Å². The van der Waals surface area contributed by atoms with Gasteiger partial charge in [-0.25, -0.2) is 14.4 Å². The number of rotatable bonds is 5. The zero-order chi connectivity index (χ0) is 18.8. The topological polar surface area (TPSA) is 79.9 Å². The van der Waals surface area contributed by atoms with Crippen molar-refractivity contribution in [1.29, 1.82) is 0 Å². The Bertz CT molecular complexity index is 1150. The highest BCUT2D eigenvalue weighted by molar-refractivity contribution is 8.00. The predicted octanol–water partition coefficient (Wildman–Crippen LogP) is 3.99. The summed E-state index contributed by atoms with van der Waals surface area (Å²) in [5.41, 5.74) is 2.58. The minimum atomic E-state index is -0.468. The number of carbonyl (C=O) groups is 1. The van der Waals surface area contributed by atoms with Gasteiger partial charge in [-0.3, -0.25) is 4.79 Å². The largest absolute Gasteiger partial charge is 0.497 e. The second-order valence-electron chi connectivity index (χ2n) is 5.76. The van der Waals surface area contributed by atoms with Crippen molar-refractivity contribution in [2.24, 2.45) is 0 Å². The molecule has 0 bridgehead atoms. The summed E-state index contributed by atoms with van der Waals surface area (Å²) < 4.78 is 18.9. The average molecular weight is 382 g/mol. The number of fused-ring (bicyclic) bond motifs is 3. The van der Waals surface area contributed by atoms with Crippen LogP contribution in [0.15, 0.2) is 53.8 Å². The first-order valence-electron chi connectivity index (χ1n) is 8.13. The van der Waals surface area contributed by atoms with E-state index in [9.17, 15) is 9.18 Å². The molecular weight excluding hydrogens is 367 g/mol. The van der Waals surface area contributed by atoms with Crippen LogP contribution in [-0.2, 0) is 4.79 Å². The number of H-pyrrole nitrogens is 1. The van der Waals surface area contributed by atoms with E-state index in [1.54, 1.807) is 19.2 Å². The van der Waals surface area contributed by atoms with E-state index in [2.05, 4.69) is 20.3 Å². The molecule has 0 aliphatic heterocycles. The van der Waals surface area contributed by atoms with Gasteiger partial charge in [-0.1, -0.05) is 23.9 Å². The highest BCUT2D eigenvalue weighted by Crippen LogP contribution is 2.31. The number of nitrogens with zero attached hydrogens (tertiary/aromatic N) is 2. The molecule has 0 unspecified atom stereocenters. The first-order chi connectivity index (χ1) is 13.2. The summed E-state index contributed by atoms with van der Waals surface area (Å²) >= 11 is 1.26. The molecule has 0 spiro atoms. The molecule has 0 fully saturated rings. The highest BCUT2D eigenvalue weighted by Gasteiger charge is 2.14. The Hall–Kier alpha value is -3.13. The lowest BCUT2D eigenvalue weighted by atomic mass is 10.2. The second-order valence-corrected chi connectivity index (χ2v) is 6.72. The predicted molar refractivity (Wildman–Crippen MR) is 104 cm³/mol. The Morgan fingerprint density at radius 1 is 1.26 bits per heavy atom. The molecule has 27 heavy (non-hydrogen) atoms. The molecule has 2 N–H and O–H groups in total. The van der Waals surface area contributed by atoms with Crippen LogP contribution in [0.25, 0.3) is 21.9 Å². The number of aromatic nitrogens is 3. The lowest BCUT2D eigenvalue weighted by Crippen LogP contribution is -2.15. The molecule has 0 saturated heterocycles. The molecule has 136 valence electrons. The Balaban J connectivity index is 1.57. The van der Waals surface area contributed by atoms with Crippen LogP contribution in [-0.4, -0.2) is 33.7 Å². The maximum Gasteiger partial charge on any atom is 0.234 e. The van der Waals surface area contributed by atoms with Gasteiger partial charge < -0.3 is 15.0 Å². The number of ether oxygens (including phenoxy) is 1. The van der Waals surface area contributed by atoms with Gasteiger partial charge in [0.25, 0.3) is 0 Å². The van der Waals surface area contributed by atoms with Crippen molar-refractivity contribution in [1.82, 2.24) is 15.0 Å². The molecule has 0 aliphatic carbocycles. The molecular formula is C19H15FN4O2S. The average Bonchev–Trinajstić information content (AvgIpc) is 3.06. The van der Waals surface area contributed by atoms with E-state index in [4.69, 9.17) is 4.74 Å². The normalized spacial score (nSPS) is 11.0. The summed E-state index contributed by atoms with van der Waals surface area (Å²) in [5, 5.41) is 4.14. The van der Waals surface area contributed by atoms with Crippen molar-refractivity contribution in [3.63, 3.8) is 0 Å². The van der Waals surface area contributed by atoms with Crippen molar-refractivity contribution < 1.29 is 13.9 Å². The summed E-state index contributed by atoms with van der Waals surface area (Å²) in [6.45, 7) is 0. The van der Waals surface area contributed by atoms with Gasteiger partial charge in [0.2, 0.25) is 5.91 Å². The zero-order valence-electron chi connectivity index (χ0n) is 14.3.